The van der Waals surface area contributed by atoms with Crippen molar-refractivity contribution >= 4 is 0 Å². The van der Waals surface area contributed by atoms with Gasteiger partial charge in [-0.1, -0.05) is 43.6 Å². The van der Waals surface area contributed by atoms with Crippen molar-refractivity contribution in [3.05, 3.63) is 22.8 Å². The Morgan fingerprint density at radius 1 is 1.05 bits per heavy atom. The maximum atomic E-state index is 10.4. The molecule has 2 saturated heterocycles. The Labute approximate surface area is 249 Å². The number of aliphatic hydroxyl groups excluding tert-OH is 1. The van der Waals surface area contributed by atoms with Crippen LogP contribution in [0.3, 0.4) is 0 Å². The van der Waals surface area contributed by atoms with E-state index in [9.17, 15) is 5.11 Å². The van der Waals surface area contributed by atoms with Crippen LogP contribution in [0.15, 0.2) is 22.8 Å². The van der Waals surface area contributed by atoms with Gasteiger partial charge in [0.1, 0.15) is 0 Å². The van der Waals surface area contributed by atoms with Crippen molar-refractivity contribution in [2.45, 2.75) is 109 Å². The van der Waals surface area contributed by atoms with Crippen molar-refractivity contribution in [1.82, 2.24) is 4.90 Å². The van der Waals surface area contributed by atoms with E-state index >= 15 is 0 Å². The minimum Gasteiger partial charge on any atom is -0.393 e. The summed E-state index contributed by atoms with van der Waals surface area (Å²) in [6.07, 6.45) is 13.0. The highest BCUT2D eigenvalue weighted by Gasteiger charge is 2.59. The second kappa shape index (κ2) is 12.3. The van der Waals surface area contributed by atoms with Crippen LogP contribution in [0.4, 0.5) is 0 Å². The molecule has 2 saturated carbocycles. The van der Waals surface area contributed by atoms with E-state index < -0.39 is 0 Å². The molecular weight excluding hydrogens is 514 g/mol. The zero-order valence-corrected chi connectivity index (χ0v) is 26.5. The Morgan fingerprint density at radius 2 is 1.83 bits per heavy atom. The lowest BCUT2D eigenvalue weighted by Gasteiger charge is -2.49. The molecule has 10 atom stereocenters. The quantitative estimate of drug-likeness (QED) is 0.280. The Morgan fingerprint density at radius 3 is 2.63 bits per heavy atom. The Hall–Kier alpha value is -0.760. The lowest BCUT2D eigenvalue weighted by Crippen LogP contribution is -2.52. The number of likely N-dealkylation sites (tertiary alicyclic amines) is 1. The van der Waals surface area contributed by atoms with E-state index in [1.165, 1.54) is 32.1 Å². The maximum absolute atomic E-state index is 10.4. The van der Waals surface area contributed by atoms with Crippen molar-refractivity contribution in [3.8, 4) is 0 Å². The summed E-state index contributed by atoms with van der Waals surface area (Å²) in [4.78, 5) is 2.71. The molecule has 0 aromatic carbocycles. The fraction of sp³-hybridized carbons (Fsp3) is 0.886. The van der Waals surface area contributed by atoms with Crippen molar-refractivity contribution in [2.75, 3.05) is 53.2 Å². The highest BCUT2D eigenvalue weighted by Crippen LogP contribution is 2.63. The zero-order chi connectivity index (χ0) is 28.8. The first kappa shape index (κ1) is 30.3. The molecule has 41 heavy (non-hydrogen) atoms. The molecule has 232 valence electrons. The number of ether oxygens (including phenoxy) is 4. The number of aliphatic hydroxyl groups is 1. The topological polar surface area (TPSA) is 60.4 Å². The molecule has 4 aliphatic carbocycles. The normalized spacial score (nSPS) is 44.3. The summed E-state index contributed by atoms with van der Waals surface area (Å²) in [5.41, 5.74) is 5.26. The highest BCUT2D eigenvalue weighted by atomic mass is 16.5. The maximum Gasteiger partial charge on any atom is 0.0765 e. The third-order valence-electron chi connectivity index (χ3n) is 12.6. The van der Waals surface area contributed by atoms with Crippen molar-refractivity contribution in [1.29, 1.82) is 0 Å². The number of fused-ring (bicyclic) bond motifs is 6. The number of piperidine rings is 1. The lowest BCUT2D eigenvalue weighted by molar-refractivity contribution is -0.0806. The monoisotopic (exact) mass is 571 g/mol. The SMILES string of the molecule is COCCOCCOCCN1CC(C)CC2OC3(CCC4C(=C(C)C3)CC3C4CC=C4CC(O)CCC43C)C(C)C21. The predicted molar refractivity (Wildman–Crippen MR) is 162 cm³/mol. The fourth-order valence-electron chi connectivity index (χ4n) is 10.5. The van der Waals surface area contributed by atoms with Gasteiger partial charge >= 0.3 is 0 Å². The van der Waals surface area contributed by atoms with Crippen LogP contribution < -0.4 is 0 Å². The van der Waals surface area contributed by atoms with E-state index in [4.69, 9.17) is 18.9 Å². The first-order valence-electron chi connectivity index (χ1n) is 16.9. The van der Waals surface area contributed by atoms with E-state index in [1.807, 2.05) is 0 Å². The van der Waals surface area contributed by atoms with E-state index in [2.05, 4.69) is 38.7 Å². The van der Waals surface area contributed by atoms with Gasteiger partial charge in [-0.3, -0.25) is 4.90 Å². The van der Waals surface area contributed by atoms with Crippen LogP contribution in [0.2, 0.25) is 0 Å². The summed E-state index contributed by atoms with van der Waals surface area (Å²) in [6, 6.07) is 0.490. The first-order chi connectivity index (χ1) is 19.8. The minimum atomic E-state index is -0.128. The number of methoxy groups -OCH3 is 1. The van der Waals surface area contributed by atoms with Crippen LogP contribution in [0.1, 0.15) is 85.5 Å². The molecule has 0 bridgehead atoms. The van der Waals surface area contributed by atoms with Crippen molar-refractivity contribution in [2.24, 2.45) is 35.0 Å². The summed E-state index contributed by atoms with van der Waals surface area (Å²) in [7, 11) is 1.70. The second-order valence-electron chi connectivity index (χ2n) is 14.9. The molecule has 6 aliphatic rings. The first-order valence-corrected chi connectivity index (χ1v) is 16.9. The van der Waals surface area contributed by atoms with Crippen LogP contribution in [0.5, 0.6) is 0 Å². The molecule has 0 aromatic heterocycles. The van der Waals surface area contributed by atoms with Crippen LogP contribution in [0.25, 0.3) is 0 Å². The van der Waals surface area contributed by atoms with E-state index in [1.54, 1.807) is 23.8 Å². The molecular formula is C35H57NO5. The molecule has 1 N–H and O–H groups in total. The van der Waals surface area contributed by atoms with Gasteiger partial charge in [0.2, 0.25) is 0 Å². The van der Waals surface area contributed by atoms with Gasteiger partial charge in [-0.2, -0.15) is 0 Å². The number of hydrogen-bond donors (Lipinski definition) is 1. The molecule has 6 nitrogen and oxygen atoms in total. The highest BCUT2D eigenvalue weighted by molar-refractivity contribution is 5.34. The average Bonchev–Trinajstić information content (AvgIpc) is 3.40. The minimum absolute atomic E-state index is 0.0286. The molecule has 10 unspecified atom stereocenters. The van der Waals surface area contributed by atoms with Gasteiger partial charge < -0.3 is 24.1 Å². The predicted octanol–water partition coefficient (Wildman–Crippen LogP) is 5.78. The summed E-state index contributed by atoms with van der Waals surface area (Å²) in [6.45, 7) is 15.3. The second-order valence-corrected chi connectivity index (χ2v) is 14.9. The smallest absolute Gasteiger partial charge is 0.0765 e. The van der Waals surface area contributed by atoms with Gasteiger partial charge in [0.05, 0.1) is 50.8 Å². The molecule has 0 radical (unpaired) electrons. The largest absolute Gasteiger partial charge is 0.393 e. The summed E-state index contributed by atoms with van der Waals surface area (Å²) in [5.74, 6) is 3.42. The van der Waals surface area contributed by atoms with Gasteiger partial charge in [0.15, 0.2) is 0 Å². The van der Waals surface area contributed by atoms with Crippen LogP contribution >= 0.6 is 0 Å². The Balaban J connectivity index is 1.12. The van der Waals surface area contributed by atoms with Crippen molar-refractivity contribution < 1.29 is 24.1 Å². The van der Waals surface area contributed by atoms with E-state index in [-0.39, 0.29) is 11.7 Å². The summed E-state index contributed by atoms with van der Waals surface area (Å²) in [5, 5.41) is 10.4. The van der Waals surface area contributed by atoms with Gasteiger partial charge in [0, 0.05) is 32.2 Å². The number of hydrogen-bond acceptors (Lipinski definition) is 6. The fourth-order valence-corrected chi connectivity index (χ4v) is 10.5. The molecule has 1 spiro atoms. The third kappa shape index (κ3) is 5.64. The molecule has 2 heterocycles. The zero-order valence-electron chi connectivity index (χ0n) is 26.5. The van der Waals surface area contributed by atoms with Gasteiger partial charge in [-0.25, -0.2) is 0 Å². The number of allylic oxidation sites excluding steroid dienone is 2. The van der Waals surface area contributed by atoms with Gasteiger partial charge in [-0.15, -0.1) is 0 Å². The Bertz CT molecular complexity index is 995. The van der Waals surface area contributed by atoms with Gasteiger partial charge in [-0.05, 0) is 93.8 Å². The summed E-state index contributed by atoms with van der Waals surface area (Å²) < 4.78 is 23.9. The van der Waals surface area contributed by atoms with Crippen LogP contribution in [-0.4, -0.2) is 87.1 Å². The van der Waals surface area contributed by atoms with Gasteiger partial charge in [0.25, 0.3) is 0 Å². The standard InChI is InChI=1S/C35H57NO5/c1-23-18-32-33(36(22-23)12-13-39-16-17-40-15-14-38-5)25(3)35(41-32)11-9-28-29-7-6-26-19-27(37)8-10-34(26,4)31(29)20-30(28)24(2)21-35/h6,23,25,27-29,31-33,37H,7-22H2,1-5H3. The molecule has 6 heteroatoms. The average molecular weight is 572 g/mol. The Kier molecular flexibility index (Phi) is 9.10. The number of nitrogens with zero attached hydrogens (tertiary/aromatic N) is 1. The molecule has 0 amide bonds. The lowest BCUT2D eigenvalue weighted by atomic mass is 9.56. The van der Waals surface area contributed by atoms with Crippen molar-refractivity contribution in [3.63, 3.8) is 0 Å². The third-order valence-corrected chi connectivity index (χ3v) is 12.6. The number of rotatable bonds is 9. The summed E-state index contributed by atoms with van der Waals surface area (Å²) >= 11 is 0. The molecule has 2 aliphatic heterocycles. The van der Waals surface area contributed by atoms with E-state index in [0.29, 0.717) is 61.7 Å². The van der Waals surface area contributed by atoms with Crippen LogP contribution in [-0.2, 0) is 18.9 Å². The van der Waals surface area contributed by atoms with Crippen LogP contribution in [0, 0.1) is 35.0 Å². The molecule has 0 aromatic rings. The van der Waals surface area contributed by atoms with E-state index in [0.717, 1.165) is 57.2 Å². The molecule has 4 fully saturated rings. The molecule has 6 rings (SSSR count).